The van der Waals surface area contributed by atoms with Crippen molar-refractivity contribution in [2.24, 2.45) is 11.8 Å². The van der Waals surface area contributed by atoms with Crippen LogP contribution >= 0.6 is 0 Å². The molecule has 0 radical (unpaired) electrons. The van der Waals surface area contributed by atoms with Gasteiger partial charge in [0.2, 0.25) is 16.3 Å². The molecule has 1 unspecified atom stereocenters. The summed E-state index contributed by atoms with van der Waals surface area (Å²) in [5, 5.41) is 23.1. The Hall–Kier alpha value is -3.46. The predicted molar refractivity (Wildman–Crippen MR) is 150 cm³/mol. The van der Waals surface area contributed by atoms with Crippen molar-refractivity contribution >= 4 is 16.1 Å². The lowest BCUT2D eigenvalue weighted by Gasteiger charge is -2.39. The molecule has 1 saturated heterocycles. The van der Waals surface area contributed by atoms with Crippen LogP contribution in [-0.2, 0) is 25.9 Å². The third-order valence-corrected chi connectivity index (χ3v) is 7.51. The zero-order chi connectivity index (χ0) is 44.5. The summed E-state index contributed by atoms with van der Waals surface area (Å²) in [6.07, 6.45) is -10.7. The van der Waals surface area contributed by atoms with Crippen LogP contribution in [0.2, 0.25) is 0 Å². The summed E-state index contributed by atoms with van der Waals surface area (Å²) in [5.74, 6) is -4.55. The highest BCUT2D eigenvalue weighted by Gasteiger charge is 2.48. The number of carbonyl (C=O) groups is 1. The first-order valence-electron chi connectivity index (χ1n) is 19.9. The average molecular weight is 642 g/mol. The van der Waals surface area contributed by atoms with Gasteiger partial charge in [-0.1, -0.05) is 25.9 Å². The molecule has 11 nitrogen and oxygen atoms in total. The highest BCUT2D eigenvalue weighted by Crippen LogP contribution is 2.34. The normalized spacial score (nSPS) is 28.6. The van der Waals surface area contributed by atoms with Crippen LogP contribution in [0.3, 0.4) is 0 Å². The second-order valence-corrected chi connectivity index (χ2v) is 11.2. The van der Waals surface area contributed by atoms with Gasteiger partial charge in [0.1, 0.15) is 11.5 Å². The fourth-order valence-corrected chi connectivity index (χ4v) is 5.43. The summed E-state index contributed by atoms with van der Waals surface area (Å²) in [7, 11) is -9.15. The van der Waals surface area contributed by atoms with E-state index in [0.717, 1.165) is 6.26 Å². The lowest BCUT2D eigenvalue weighted by atomic mass is 9.94. The van der Waals surface area contributed by atoms with E-state index in [1.54, 1.807) is 0 Å². The fraction of sp³-hybridized carbons (Fsp3) is 0.483. The highest BCUT2D eigenvalue weighted by atomic mass is 32.2. The molecule has 0 bridgehead atoms. The van der Waals surface area contributed by atoms with E-state index in [2.05, 4.69) is 9.47 Å². The van der Waals surface area contributed by atoms with Crippen molar-refractivity contribution in [3.63, 3.8) is 0 Å². The summed E-state index contributed by atoms with van der Waals surface area (Å²) in [6, 6.07) is -14.0. The Morgan fingerprint density at radius 3 is 2.60 bits per heavy atom. The first kappa shape index (κ1) is 17.7. The van der Waals surface area contributed by atoms with Crippen LogP contribution in [0.1, 0.15) is 40.0 Å². The van der Waals surface area contributed by atoms with Gasteiger partial charge in [0.15, 0.2) is 0 Å². The molecule has 2 N–H and O–H groups in total. The Bertz CT molecular complexity index is 2050. The zero-order valence-corrected chi connectivity index (χ0v) is 23.2. The number of halogens is 2. The largest absolute Gasteiger partial charge is 0.497 e. The summed E-state index contributed by atoms with van der Waals surface area (Å²) in [5.41, 5.74) is -1.64. The molecule has 236 valence electrons. The van der Waals surface area contributed by atoms with E-state index >= 15 is 0 Å². The van der Waals surface area contributed by atoms with E-state index in [9.17, 15) is 37.7 Å². The third-order valence-electron chi connectivity index (χ3n) is 5.89. The zero-order valence-electron chi connectivity index (χ0n) is 37.4. The standard InChI is InChI=1S/C29H36F2N2O9S/c1-18(2)15-32(43(37,38)22-10-8-21(9-11-22)42-28(30)31)16-26(34)24(14-19-4-6-20(39-3)7-5-19)33(29(35)36)25-17-41-27-23(25)12-13-40-27/h4-13,18,23-28,34H,14-17H2,1-3H3,(H,35,36)/t23-,24-,25?,26+,27-/m0/s1/i3D3,4D,5D,6D,7D,8D,10D,14D2,16D2,24D,26D. The number of amides is 1. The number of hydrogen-bond acceptors (Lipinski definition) is 8. The molecule has 4 rings (SSSR count). The third kappa shape index (κ3) is 7.74. The van der Waals surface area contributed by atoms with Crippen LogP contribution in [0, 0.1) is 11.8 Å². The van der Waals surface area contributed by atoms with Gasteiger partial charge in [0.05, 0.1) is 63.9 Å². The molecule has 0 aromatic heterocycles. The quantitative estimate of drug-likeness (QED) is 0.316. The fourth-order valence-electron chi connectivity index (χ4n) is 4.07. The second kappa shape index (κ2) is 13.9. The van der Waals surface area contributed by atoms with Gasteiger partial charge < -0.3 is 29.2 Å². The molecule has 2 aliphatic rings. The van der Waals surface area contributed by atoms with Crippen molar-refractivity contribution in [1.82, 2.24) is 9.21 Å². The van der Waals surface area contributed by atoms with Crippen LogP contribution in [0.15, 0.2) is 65.6 Å². The molecule has 0 spiro atoms. The molecule has 2 aliphatic heterocycles. The lowest BCUT2D eigenvalue weighted by Crippen LogP contribution is -2.57. The van der Waals surface area contributed by atoms with E-state index < -0.39 is 150 Å². The van der Waals surface area contributed by atoms with Gasteiger partial charge in [0, 0.05) is 18.5 Å². The smallest absolute Gasteiger partial charge is 0.408 e. The Morgan fingerprint density at radius 1 is 1.23 bits per heavy atom. The number of hydrogen-bond donors (Lipinski definition) is 2. The number of sulfonamides is 1. The topological polar surface area (TPSA) is 135 Å². The molecular weight excluding hydrogens is 590 g/mol. The SMILES string of the molecule is [2H]c1c(OC(F)F)ccc(S(=O)(=O)N(CC(C)C)C([2H])([2H])[C@@]([2H])(O)[C@@]([2H])(N(C(=O)O)C2CO[C@@H]3OC=C[C@@H]23)C([2H])([2H])c2c([2H])c([2H])c(OC([2H])([2H])[2H])c([2H])c2[2H])c1[2H]. The van der Waals surface area contributed by atoms with Gasteiger partial charge in [0.25, 0.3) is 0 Å². The van der Waals surface area contributed by atoms with E-state index in [1.165, 1.54) is 19.9 Å². The lowest BCUT2D eigenvalue weighted by molar-refractivity contribution is -0.0690. The Labute approximate surface area is 270 Å². The monoisotopic (exact) mass is 641 g/mol. The van der Waals surface area contributed by atoms with Gasteiger partial charge in [-0.15, -0.1) is 0 Å². The van der Waals surface area contributed by atoms with Crippen molar-refractivity contribution in [2.45, 2.75) is 56.2 Å². The number of methoxy groups -OCH3 is 1. The van der Waals surface area contributed by atoms with Crippen LogP contribution in [0.5, 0.6) is 11.5 Å². The molecular formula is C29H36F2N2O9S. The van der Waals surface area contributed by atoms with Crippen molar-refractivity contribution in [3.8, 4) is 11.5 Å². The number of alkyl halides is 2. The van der Waals surface area contributed by atoms with Crippen LogP contribution < -0.4 is 9.47 Å². The average Bonchev–Trinajstić information content (AvgIpc) is 3.71. The van der Waals surface area contributed by atoms with Gasteiger partial charge >= 0.3 is 12.7 Å². The van der Waals surface area contributed by atoms with Gasteiger partial charge in [-0.2, -0.15) is 13.1 Å². The van der Waals surface area contributed by atoms with Crippen LogP contribution in [0.4, 0.5) is 13.6 Å². The Balaban J connectivity index is 2.11. The minimum absolute atomic E-state index is 0.311. The molecule has 0 aliphatic carbocycles. The highest BCUT2D eigenvalue weighted by molar-refractivity contribution is 7.89. The number of carboxylic acid groups (broad SMARTS) is 1. The molecule has 2 aromatic carbocycles. The maximum atomic E-state index is 14.4. The number of benzene rings is 2. The molecule has 2 heterocycles. The number of fused-ring (bicyclic) bond motifs is 1. The molecule has 0 saturated carbocycles. The van der Waals surface area contributed by atoms with E-state index in [-0.39, 0.29) is 9.21 Å². The second-order valence-electron chi connectivity index (χ2n) is 9.32. The van der Waals surface area contributed by atoms with E-state index in [0.29, 0.717) is 12.1 Å². The van der Waals surface area contributed by atoms with Crippen molar-refractivity contribution < 1.29 is 71.7 Å². The molecule has 1 fully saturated rings. The molecule has 5 atom stereocenters. The molecule has 14 heteroatoms. The van der Waals surface area contributed by atoms with E-state index in [4.69, 9.17) is 24.6 Å². The minimum atomic E-state index is -5.74. The number of nitrogens with zero attached hydrogens (tertiary/aromatic N) is 2. The van der Waals surface area contributed by atoms with E-state index in [1.807, 2.05) is 0 Å². The summed E-state index contributed by atoms with van der Waals surface area (Å²) in [6.45, 7) is -7.35. The van der Waals surface area contributed by atoms with Crippen molar-refractivity contribution in [1.29, 1.82) is 0 Å². The predicted octanol–water partition coefficient (Wildman–Crippen LogP) is 3.78. The van der Waals surface area contributed by atoms with Crippen LogP contribution in [-0.4, -0.2) is 91.7 Å². The summed E-state index contributed by atoms with van der Waals surface area (Å²) >= 11 is 0. The Morgan fingerprint density at radius 2 is 1.95 bits per heavy atom. The minimum Gasteiger partial charge on any atom is -0.497 e. The first-order valence-corrected chi connectivity index (χ1v) is 13.8. The molecule has 2 aromatic rings. The summed E-state index contributed by atoms with van der Waals surface area (Å²) in [4.78, 5) is 11.7. The number of rotatable bonds is 14. The van der Waals surface area contributed by atoms with Gasteiger partial charge in [-0.05, 0) is 60.2 Å². The first-order chi connectivity index (χ1) is 26.3. The van der Waals surface area contributed by atoms with Crippen molar-refractivity contribution in [3.05, 3.63) is 66.3 Å². The summed E-state index contributed by atoms with van der Waals surface area (Å²) < 4.78 is 202. The van der Waals surface area contributed by atoms with Gasteiger partial charge in [-0.3, -0.25) is 4.90 Å². The maximum Gasteiger partial charge on any atom is 0.408 e. The number of ether oxygens (including phenoxy) is 4. The Kier molecular flexibility index (Phi) is 5.73. The maximum absolute atomic E-state index is 14.4. The van der Waals surface area contributed by atoms with Gasteiger partial charge in [-0.25, -0.2) is 13.2 Å². The van der Waals surface area contributed by atoms with Crippen molar-refractivity contribution in [2.75, 3.05) is 26.7 Å². The number of aliphatic hydroxyl groups is 1. The van der Waals surface area contributed by atoms with Crippen LogP contribution in [0.25, 0.3) is 0 Å². The molecule has 1 amide bonds. The molecule has 43 heavy (non-hydrogen) atoms.